The number of aliphatic hydroxyl groups is 1. The predicted octanol–water partition coefficient (Wildman–Crippen LogP) is 1.21. The Morgan fingerprint density at radius 2 is 2.31 bits per heavy atom. The van der Waals surface area contributed by atoms with E-state index in [9.17, 15) is 5.11 Å². The molecule has 1 saturated carbocycles. The van der Waals surface area contributed by atoms with E-state index in [-0.39, 0.29) is 12.0 Å². The lowest BCUT2D eigenvalue weighted by molar-refractivity contribution is 0.264. The van der Waals surface area contributed by atoms with E-state index in [2.05, 4.69) is 18.2 Å². The number of nitrogens with two attached hydrogens (primary N) is 1. The predicted molar refractivity (Wildman–Crippen MR) is 63.7 cm³/mol. The minimum absolute atomic E-state index is 0.0181. The summed E-state index contributed by atoms with van der Waals surface area (Å²) < 4.78 is 5.32. The van der Waals surface area contributed by atoms with E-state index in [0.717, 1.165) is 17.7 Å². The Kier molecular flexibility index (Phi) is 2.91. The highest BCUT2D eigenvalue weighted by atomic mass is 16.5. The summed E-state index contributed by atoms with van der Waals surface area (Å²) in [4.78, 5) is 0. The second-order valence-corrected chi connectivity index (χ2v) is 4.63. The molecule has 16 heavy (non-hydrogen) atoms. The summed E-state index contributed by atoms with van der Waals surface area (Å²) in [5.74, 6) is 1.21. The molecule has 3 heteroatoms. The number of aliphatic hydroxyl groups excluding tert-OH is 1. The Balaban J connectivity index is 2.34. The molecule has 1 aromatic rings. The van der Waals surface area contributed by atoms with Gasteiger partial charge in [0.05, 0.1) is 7.11 Å². The van der Waals surface area contributed by atoms with E-state index >= 15 is 0 Å². The van der Waals surface area contributed by atoms with Crippen LogP contribution < -0.4 is 10.5 Å². The van der Waals surface area contributed by atoms with Crippen LogP contribution in [0.2, 0.25) is 0 Å². The molecule has 1 fully saturated rings. The molecule has 0 spiro atoms. The number of ether oxygens (including phenoxy) is 1. The minimum atomic E-state index is -0.0181. The monoisotopic (exact) mass is 221 g/mol. The Bertz CT molecular complexity index is 392. The lowest BCUT2D eigenvalue weighted by Crippen LogP contribution is -2.23. The van der Waals surface area contributed by atoms with Crippen molar-refractivity contribution in [3.8, 4) is 5.75 Å². The summed E-state index contributed by atoms with van der Waals surface area (Å²) >= 11 is 0. The molecule has 0 aromatic heterocycles. The van der Waals surface area contributed by atoms with Gasteiger partial charge in [-0.1, -0.05) is 12.1 Å². The zero-order chi connectivity index (χ0) is 11.8. The van der Waals surface area contributed by atoms with Crippen molar-refractivity contribution < 1.29 is 9.84 Å². The Morgan fingerprint density at radius 1 is 1.56 bits per heavy atom. The van der Waals surface area contributed by atoms with Crippen molar-refractivity contribution in [3.05, 3.63) is 29.3 Å². The molecule has 2 rings (SSSR count). The maximum absolute atomic E-state index is 9.23. The quantitative estimate of drug-likeness (QED) is 0.803. The van der Waals surface area contributed by atoms with Crippen LogP contribution in [0.5, 0.6) is 5.75 Å². The highest BCUT2D eigenvalue weighted by molar-refractivity contribution is 5.43. The molecule has 0 bridgehead atoms. The number of hydrogen-bond acceptors (Lipinski definition) is 3. The van der Waals surface area contributed by atoms with Gasteiger partial charge in [-0.2, -0.15) is 0 Å². The van der Waals surface area contributed by atoms with Crippen LogP contribution >= 0.6 is 0 Å². The maximum Gasteiger partial charge on any atom is 0.122 e. The minimum Gasteiger partial charge on any atom is -0.496 e. The molecule has 0 aliphatic heterocycles. The number of methoxy groups -OCH3 is 1. The third-order valence-electron chi connectivity index (χ3n) is 3.80. The first-order valence-corrected chi connectivity index (χ1v) is 5.64. The third kappa shape index (κ3) is 1.60. The lowest BCUT2D eigenvalue weighted by Gasteiger charge is -2.17. The third-order valence-corrected chi connectivity index (χ3v) is 3.80. The van der Waals surface area contributed by atoms with Gasteiger partial charge in [-0.15, -0.1) is 0 Å². The molecule has 88 valence electrons. The fourth-order valence-corrected chi connectivity index (χ4v) is 2.47. The molecule has 3 nitrogen and oxygen atoms in total. The van der Waals surface area contributed by atoms with Crippen LogP contribution in [0.4, 0.5) is 0 Å². The van der Waals surface area contributed by atoms with E-state index in [1.807, 2.05) is 6.92 Å². The summed E-state index contributed by atoms with van der Waals surface area (Å²) in [6.07, 6.45) is 0.978. The first-order valence-electron chi connectivity index (χ1n) is 5.64. The summed E-state index contributed by atoms with van der Waals surface area (Å²) in [5.41, 5.74) is 8.14. The molecule has 2 atom stereocenters. The van der Waals surface area contributed by atoms with Gasteiger partial charge in [0, 0.05) is 18.6 Å². The van der Waals surface area contributed by atoms with Crippen LogP contribution in [0, 0.1) is 12.8 Å². The van der Waals surface area contributed by atoms with Crippen molar-refractivity contribution >= 4 is 0 Å². The molecule has 3 N–H and O–H groups in total. The van der Waals surface area contributed by atoms with Gasteiger partial charge < -0.3 is 15.6 Å². The summed E-state index contributed by atoms with van der Waals surface area (Å²) in [5, 5.41) is 9.23. The number of benzene rings is 1. The topological polar surface area (TPSA) is 55.5 Å². The normalized spacial score (nSPS) is 27.9. The van der Waals surface area contributed by atoms with Crippen LogP contribution in [0.3, 0.4) is 0 Å². The van der Waals surface area contributed by atoms with Crippen molar-refractivity contribution in [3.63, 3.8) is 0 Å². The molecule has 2 unspecified atom stereocenters. The Labute approximate surface area is 96.2 Å². The zero-order valence-corrected chi connectivity index (χ0v) is 9.86. The first-order chi connectivity index (χ1) is 7.67. The molecule has 1 aliphatic rings. The van der Waals surface area contributed by atoms with Crippen molar-refractivity contribution in [1.82, 2.24) is 0 Å². The fraction of sp³-hybridized carbons (Fsp3) is 0.538. The zero-order valence-electron chi connectivity index (χ0n) is 9.86. The highest BCUT2D eigenvalue weighted by Gasteiger charge is 2.53. The maximum atomic E-state index is 9.23. The van der Waals surface area contributed by atoms with Gasteiger partial charge in [-0.05, 0) is 36.5 Å². The van der Waals surface area contributed by atoms with E-state index in [1.54, 1.807) is 7.11 Å². The van der Waals surface area contributed by atoms with Crippen LogP contribution in [0.15, 0.2) is 18.2 Å². The molecular weight excluding hydrogens is 202 g/mol. The second kappa shape index (κ2) is 4.07. The molecule has 1 aromatic carbocycles. The lowest BCUT2D eigenvalue weighted by atomic mass is 9.92. The van der Waals surface area contributed by atoms with Crippen molar-refractivity contribution in [1.29, 1.82) is 0 Å². The summed E-state index contributed by atoms with van der Waals surface area (Å²) in [7, 11) is 1.68. The Hall–Kier alpha value is -1.06. The first kappa shape index (κ1) is 11.4. The van der Waals surface area contributed by atoms with Crippen LogP contribution in [0.25, 0.3) is 0 Å². The van der Waals surface area contributed by atoms with Gasteiger partial charge in [0.2, 0.25) is 0 Å². The second-order valence-electron chi connectivity index (χ2n) is 4.63. The van der Waals surface area contributed by atoms with E-state index in [4.69, 9.17) is 10.5 Å². The van der Waals surface area contributed by atoms with E-state index in [0.29, 0.717) is 12.5 Å². The largest absolute Gasteiger partial charge is 0.496 e. The van der Waals surface area contributed by atoms with E-state index in [1.165, 1.54) is 5.56 Å². The average molecular weight is 221 g/mol. The number of hydrogen-bond donors (Lipinski definition) is 2. The summed E-state index contributed by atoms with van der Waals surface area (Å²) in [6, 6.07) is 6.20. The fourth-order valence-electron chi connectivity index (χ4n) is 2.47. The van der Waals surface area contributed by atoms with Gasteiger partial charge in [0.25, 0.3) is 0 Å². The number of aryl methyl sites for hydroxylation is 1. The van der Waals surface area contributed by atoms with Crippen LogP contribution in [-0.4, -0.2) is 25.4 Å². The molecular formula is C13H19NO2. The van der Waals surface area contributed by atoms with Crippen LogP contribution in [-0.2, 0) is 5.41 Å². The highest BCUT2D eigenvalue weighted by Crippen LogP contribution is 2.53. The molecule has 0 amide bonds. The van der Waals surface area contributed by atoms with Crippen molar-refractivity contribution in [2.75, 3.05) is 20.3 Å². The van der Waals surface area contributed by atoms with Gasteiger partial charge >= 0.3 is 0 Å². The van der Waals surface area contributed by atoms with E-state index < -0.39 is 0 Å². The Morgan fingerprint density at radius 3 is 2.81 bits per heavy atom. The summed E-state index contributed by atoms with van der Waals surface area (Å²) in [6.45, 7) is 2.83. The standard InChI is InChI=1S/C13H19NO2/c1-9-3-4-10(5-12(9)16-2)13(8-14)6-11(13)7-15/h3-5,11,15H,6-8,14H2,1-2H3. The SMILES string of the molecule is COc1cc(C2(CN)CC2CO)ccc1C. The van der Waals surface area contributed by atoms with Gasteiger partial charge in [0.1, 0.15) is 5.75 Å². The number of rotatable bonds is 4. The smallest absolute Gasteiger partial charge is 0.122 e. The molecule has 1 aliphatic carbocycles. The molecule has 0 radical (unpaired) electrons. The van der Waals surface area contributed by atoms with Crippen molar-refractivity contribution in [2.24, 2.45) is 11.7 Å². The van der Waals surface area contributed by atoms with Crippen LogP contribution in [0.1, 0.15) is 17.5 Å². The van der Waals surface area contributed by atoms with Gasteiger partial charge in [0.15, 0.2) is 0 Å². The van der Waals surface area contributed by atoms with Crippen molar-refractivity contribution in [2.45, 2.75) is 18.8 Å². The average Bonchev–Trinajstić information content (AvgIpc) is 3.04. The van der Waals surface area contributed by atoms with Gasteiger partial charge in [-0.25, -0.2) is 0 Å². The van der Waals surface area contributed by atoms with Gasteiger partial charge in [-0.3, -0.25) is 0 Å². The molecule has 0 heterocycles. The molecule has 0 saturated heterocycles.